The van der Waals surface area contributed by atoms with Gasteiger partial charge >= 0.3 is 0 Å². The van der Waals surface area contributed by atoms with Gasteiger partial charge in [0.2, 0.25) is 0 Å². The van der Waals surface area contributed by atoms with Crippen LogP contribution in [0.5, 0.6) is 0 Å². The van der Waals surface area contributed by atoms with Crippen molar-refractivity contribution in [2.45, 2.75) is 44.9 Å². The second kappa shape index (κ2) is 5.89. The summed E-state index contributed by atoms with van der Waals surface area (Å²) in [5, 5.41) is 0. The van der Waals surface area contributed by atoms with Gasteiger partial charge in [-0.3, -0.25) is 4.79 Å². The Labute approximate surface area is 109 Å². The second-order valence-electron chi connectivity index (χ2n) is 5.28. The molecule has 3 nitrogen and oxygen atoms in total. The van der Waals surface area contributed by atoms with Gasteiger partial charge in [0, 0.05) is 23.7 Å². The van der Waals surface area contributed by atoms with E-state index in [9.17, 15) is 4.79 Å². The van der Waals surface area contributed by atoms with Gasteiger partial charge in [-0.1, -0.05) is 25.3 Å². The van der Waals surface area contributed by atoms with Crippen molar-refractivity contribution >= 4 is 17.2 Å². The number of hydrogen-bond acceptors (Lipinski definition) is 3. The molecule has 98 valence electrons. The van der Waals surface area contributed by atoms with Gasteiger partial charge in [-0.05, 0) is 37.0 Å². The van der Waals surface area contributed by atoms with Gasteiger partial charge in [0.15, 0.2) is 0 Å². The lowest BCUT2D eigenvalue weighted by atomic mass is 9.85. The monoisotopic (exact) mass is 246 g/mol. The maximum Gasteiger partial charge on any atom is 0.136 e. The molecule has 0 aliphatic heterocycles. The minimum Gasteiger partial charge on any atom is -0.399 e. The molecule has 4 N–H and O–H groups in total. The molecule has 0 aromatic heterocycles. The molecule has 1 atom stereocenters. The van der Waals surface area contributed by atoms with E-state index in [1.165, 1.54) is 12.8 Å². The number of nitrogen functional groups attached to an aromatic ring is 2. The third-order valence-electron chi connectivity index (χ3n) is 3.82. The van der Waals surface area contributed by atoms with Crippen molar-refractivity contribution in [3.05, 3.63) is 23.8 Å². The third-order valence-corrected chi connectivity index (χ3v) is 3.82. The van der Waals surface area contributed by atoms with E-state index in [4.69, 9.17) is 11.5 Å². The number of hydrogen-bond donors (Lipinski definition) is 2. The lowest BCUT2D eigenvalue weighted by Gasteiger charge is -2.19. The van der Waals surface area contributed by atoms with Crippen molar-refractivity contribution in [1.29, 1.82) is 0 Å². The fourth-order valence-electron chi connectivity index (χ4n) is 2.69. The standard InChI is InChI=1S/C15H22N2O/c16-13-8-7-11(14(17)10-13)9-12-5-3-1-2-4-6-15(12)18/h7-8,10,12H,1-6,9,16-17H2. The van der Waals surface area contributed by atoms with E-state index in [1.54, 1.807) is 6.07 Å². The predicted molar refractivity (Wildman–Crippen MR) is 75.2 cm³/mol. The van der Waals surface area contributed by atoms with Crippen molar-refractivity contribution in [3.63, 3.8) is 0 Å². The molecule has 0 bridgehead atoms. The summed E-state index contributed by atoms with van der Waals surface area (Å²) >= 11 is 0. The number of carbonyl (C=O) groups is 1. The number of rotatable bonds is 2. The maximum atomic E-state index is 12.1. The van der Waals surface area contributed by atoms with Crippen LogP contribution >= 0.6 is 0 Å². The van der Waals surface area contributed by atoms with Crippen molar-refractivity contribution in [2.24, 2.45) is 5.92 Å². The zero-order chi connectivity index (χ0) is 13.0. The van der Waals surface area contributed by atoms with Crippen LogP contribution < -0.4 is 11.5 Å². The smallest absolute Gasteiger partial charge is 0.136 e. The topological polar surface area (TPSA) is 69.1 Å². The van der Waals surface area contributed by atoms with Crippen molar-refractivity contribution in [3.8, 4) is 0 Å². The molecule has 1 saturated carbocycles. The minimum atomic E-state index is 0.149. The van der Waals surface area contributed by atoms with Gasteiger partial charge < -0.3 is 11.5 Å². The minimum absolute atomic E-state index is 0.149. The summed E-state index contributed by atoms with van der Waals surface area (Å²) in [4.78, 5) is 12.1. The van der Waals surface area contributed by atoms with Gasteiger partial charge in [-0.25, -0.2) is 0 Å². The molecule has 3 heteroatoms. The molecule has 1 aromatic carbocycles. The Morgan fingerprint density at radius 1 is 1.11 bits per heavy atom. The first-order valence-corrected chi connectivity index (χ1v) is 6.83. The fourth-order valence-corrected chi connectivity index (χ4v) is 2.69. The van der Waals surface area contributed by atoms with E-state index < -0.39 is 0 Å². The molecule has 0 spiro atoms. The molecule has 0 radical (unpaired) electrons. The zero-order valence-corrected chi connectivity index (χ0v) is 10.8. The molecule has 0 saturated heterocycles. The number of nitrogens with two attached hydrogens (primary N) is 2. The van der Waals surface area contributed by atoms with Crippen LogP contribution in [0.3, 0.4) is 0 Å². The van der Waals surface area contributed by atoms with Gasteiger partial charge in [0.1, 0.15) is 5.78 Å². The second-order valence-corrected chi connectivity index (χ2v) is 5.28. The first kappa shape index (κ1) is 12.9. The Morgan fingerprint density at radius 2 is 1.89 bits per heavy atom. The van der Waals surface area contributed by atoms with E-state index in [-0.39, 0.29) is 5.92 Å². The van der Waals surface area contributed by atoms with E-state index in [1.807, 2.05) is 12.1 Å². The highest BCUT2D eigenvalue weighted by atomic mass is 16.1. The summed E-state index contributed by atoms with van der Waals surface area (Å²) in [7, 11) is 0. The fraction of sp³-hybridized carbons (Fsp3) is 0.533. The Kier molecular flexibility index (Phi) is 4.24. The van der Waals surface area contributed by atoms with E-state index in [0.29, 0.717) is 17.2 Å². The van der Waals surface area contributed by atoms with E-state index in [0.717, 1.165) is 37.7 Å². The number of ketones is 1. The molecule has 1 fully saturated rings. The number of carbonyl (C=O) groups excluding carboxylic acids is 1. The maximum absolute atomic E-state index is 12.1. The van der Waals surface area contributed by atoms with Gasteiger partial charge in [0.25, 0.3) is 0 Å². The molecule has 1 aliphatic carbocycles. The van der Waals surface area contributed by atoms with E-state index >= 15 is 0 Å². The Balaban J connectivity index is 2.08. The largest absolute Gasteiger partial charge is 0.399 e. The van der Waals surface area contributed by atoms with Crippen LogP contribution in [-0.2, 0) is 11.2 Å². The Hall–Kier alpha value is -1.51. The molecule has 0 amide bonds. The highest BCUT2D eigenvalue weighted by Crippen LogP contribution is 2.26. The molecule has 2 rings (SSSR count). The average Bonchev–Trinajstić information content (AvgIpc) is 2.31. The predicted octanol–water partition coefficient (Wildman–Crippen LogP) is 2.93. The van der Waals surface area contributed by atoms with Crippen molar-refractivity contribution in [1.82, 2.24) is 0 Å². The van der Waals surface area contributed by atoms with Crippen LogP contribution in [0.2, 0.25) is 0 Å². The normalized spacial score (nSPS) is 21.3. The highest BCUT2D eigenvalue weighted by Gasteiger charge is 2.20. The van der Waals surface area contributed by atoms with Crippen molar-refractivity contribution in [2.75, 3.05) is 11.5 Å². The SMILES string of the molecule is Nc1ccc(CC2CCCCCCC2=O)c(N)c1. The first-order chi connectivity index (χ1) is 8.66. The molecular weight excluding hydrogens is 224 g/mol. The van der Waals surface area contributed by atoms with E-state index in [2.05, 4.69) is 0 Å². The summed E-state index contributed by atoms with van der Waals surface area (Å²) in [6, 6.07) is 5.60. The lowest BCUT2D eigenvalue weighted by Crippen LogP contribution is -2.19. The molecule has 1 unspecified atom stereocenters. The summed E-state index contributed by atoms with van der Waals surface area (Å²) in [6.07, 6.45) is 7.16. The summed E-state index contributed by atoms with van der Waals surface area (Å²) in [5.74, 6) is 0.558. The summed E-state index contributed by atoms with van der Waals surface area (Å²) in [6.45, 7) is 0. The van der Waals surface area contributed by atoms with Crippen molar-refractivity contribution < 1.29 is 4.79 Å². The quantitative estimate of drug-likeness (QED) is 0.788. The zero-order valence-electron chi connectivity index (χ0n) is 10.8. The average molecular weight is 246 g/mol. The van der Waals surface area contributed by atoms with Crippen LogP contribution in [0.15, 0.2) is 18.2 Å². The van der Waals surface area contributed by atoms with Crippen LogP contribution in [0, 0.1) is 5.92 Å². The number of Topliss-reactive ketones (excluding diaryl/α,β-unsaturated/α-hetero) is 1. The summed E-state index contributed by atoms with van der Waals surface area (Å²) < 4.78 is 0. The van der Waals surface area contributed by atoms with Gasteiger partial charge in [-0.2, -0.15) is 0 Å². The third kappa shape index (κ3) is 3.25. The first-order valence-electron chi connectivity index (χ1n) is 6.83. The van der Waals surface area contributed by atoms with Gasteiger partial charge in [0.05, 0.1) is 0 Å². The summed E-state index contributed by atoms with van der Waals surface area (Å²) in [5.41, 5.74) is 14.1. The van der Waals surface area contributed by atoms with Crippen LogP contribution in [0.4, 0.5) is 11.4 Å². The number of anilines is 2. The van der Waals surface area contributed by atoms with Crippen LogP contribution in [0.1, 0.15) is 44.1 Å². The molecule has 1 aliphatic rings. The van der Waals surface area contributed by atoms with Gasteiger partial charge in [-0.15, -0.1) is 0 Å². The molecular formula is C15H22N2O. The molecule has 1 aromatic rings. The lowest BCUT2D eigenvalue weighted by molar-refractivity contribution is -0.123. The Morgan fingerprint density at radius 3 is 2.67 bits per heavy atom. The van der Waals surface area contributed by atoms with Crippen LogP contribution in [-0.4, -0.2) is 5.78 Å². The van der Waals surface area contributed by atoms with Crippen LogP contribution in [0.25, 0.3) is 0 Å². The number of benzene rings is 1. The Bertz CT molecular complexity index is 429. The molecule has 0 heterocycles. The molecule has 18 heavy (non-hydrogen) atoms. The highest BCUT2D eigenvalue weighted by molar-refractivity contribution is 5.81.